The highest BCUT2D eigenvalue weighted by Gasteiger charge is 2.10. The van der Waals surface area contributed by atoms with Crippen molar-refractivity contribution < 1.29 is 0 Å². The summed E-state index contributed by atoms with van der Waals surface area (Å²) < 4.78 is 0. The molecule has 3 rings (SSSR count). The molecule has 3 N–H and O–H groups in total. The summed E-state index contributed by atoms with van der Waals surface area (Å²) in [6, 6.07) is 9.43. The summed E-state index contributed by atoms with van der Waals surface area (Å²) in [6.45, 7) is 13.6. The van der Waals surface area contributed by atoms with Crippen molar-refractivity contribution in [2.75, 3.05) is 65.4 Å². The van der Waals surface area contributed by atoms with Gasteiger partial charge in [0, 0.05) is 39.3 Å². The average Bonchev–Trinajstić information content (AvgIpc) is 3.01. The van der Waals surface area contributed by atoms with Crippen LogP contribution in [0.5, 0.6) is 0 Å². The number of benzene rings is 1. The molecule has 0 amide bonds. The Morgan fingerprint density at radius 1 is 0.441 bits per heavy atom. The van der Waals surface area contributed by atoms with E-state index in [2.05, 4.69) is 50.0 Å². The number of likely N-dealkylation sites (tertiary alicyclic amines) is 1. The van der Waals surface area contributed by atoms with Crippen LogP contribution in [-0.2, 0) is 13.1 Å². The molecule has 0 aromatic heterocycles. The molecule has 0 saturated carbocycles. The van der Waals surface area contributed by atoms with Crippen molar-refractivity contribution in [3.63, 3.8) is 0 Å². The van der Waals surface area contributed by atoms with E-state index in [4.69, 9.17) is 0 Å². The minimum absolute atomic E-state index is 0. The molecule has 0 unspecified atom stereocenters. The van der Waals surface area contributed by atoms with Crippen LogP contribution in [0, 0.1) is 0 Å². The highest BCUT2D eigenvalue weighted by Crippen LogP contribution is 2.14. The van der Waals surface area contributed by atoms with Crippen molar-refractivity contribution in [2.45, 2.75) is 51.6 Å². The fourth-order valence-electron chi connectivity index (χ4n) is 4.39. The van der Waals surface area contributed by atoms with Crippen LogP contribution in [0.4, 0.5) is 0 Å². The first-order valence-electron chi connectivity index (χ1n) is 12.0. The van der Waals surface area contributed by atoms with Crippen LogP contribution in [-0.4, -0.2) is 75.2 Å². The number of hydrogen-bond acceptors (Lipinski definition) is 5. The van der Waals surface area contributed by atoms with E-state index in [1.54, 1.807) is 0 Å². The molecular weight excluding hydrogens is 536 g/mol. The first kappa shape index (κ1) is 39.0. The third-order valence-electron chi connectivity index (χ3n) is 6.15. The van der Waals surface area contributed by atoms with Gasteiger partial charge in [-0.25, -0.2) is 0 Å². The van der Waals surface area contributed by atoms with Gasteiger partial charge in [-0.05, 0) is 76.1 Å². The molecule has 204 valence electrons. The summed E-state index contributed by atoms with van der Waals surface area (Å²) in [5.74, 6) is 0. The van der Waals surface area contributed by atoms with Crippen LogP contribution in [0.15, 0.2) is 24.3 Å². The summed E-state index contributed by atoms with van der Waals surface area (Å²) in [5.41, 5.74) is 2.92. The summed E-state index contributed by atoms with van der Waals surface area (Å²) in [6.07, 6.45) is 7.98. The largest absolute Gasteiger partial charge is 0.315 e. The topological polar surface area (TPSA) is 42.6 Å². The average molecular weight is 584 g/mol. The molecule has 0 atom stereocenters. The molecule has 0 aliphatic carbocycles. The van der Waals surface area contributed by atoms with Gasteiger partial charge < -0.3 is 16.0 Å². The van der Waals surface area contributed by atoms with E-state index in [0.717, 1.165) is 65.4 Å². The molecule has 2 aliphatic rings. The molecule has 2 heterocycles. The van der Waals surface area contributed by atoms with Gasteiger partial charge in [0.05, 0.1) is 0 Å². The molecule has 10 heteroatoms. The number of nitrogens with zero attached hydrogens (tertiary/aromatic N) is 2. The Bertz CT molecular complexity index is 531. The number of nitrogens with one attached hydrogen (secondary N) is 3. The second kappa shape index (κ2) is 25.1. The smallest absolute Gasteiger partial charge is 0.0234 e. The maximum Gasteiger partial charge on any atom is 0.0234 e. The quantitative estimate of drug-likeness (QED) is 0.486. The SMILES string of the molecule is Cl.Cl.Cl.Cl.Cl.c1cc(CN2CCCNCCNCCCNCC2)ccc1CN1CCCCCC1. The predicted octanol–water partition coefficient (Wildman–Crippen LogP) is 4.54. The number of halogens is 5. The molecule has 0 spiro atoms. The van der Waals surface area contributed by atoms with Crippen molar-refractivity contribution in [3.05, 3.63) is 35.4 Å². The van der Waals surface area contributed by atoms with Gasteiger partial charge in [0.25, 0.3) is 0 Å². The van der Waals surface area contributed by atoms with Crippen LogP contribution < -0.4 is 16.0 Å². The second-order valence-corrected chi connectivity index (χ2v) is 8.74. The maximum atomic E-state index is 3.61. The van der Waals surface area contributed by atoms with E-state index >= 15 is 0 Å². The predicted molar refractivity (Wildman–Crippen MR) is 160 cm³/mol. The lowest BCUT2D eigenvalue weighted by Gasteiger charge is -2.24. The summed E-state index contributed by atoms with van der Waals surface area (Å²) in [4.78, 5) is 5.25. The van der Waals surface area contributed by atoms with Gasteiger partial charge >= 0.3 is 0 Å². The molecule has 2 fully saturated rings. The Morgan fingerprint density at radius 3 is 1.38 bits per heavy atom. The molecular formula is C24H48Cl5N5. The normalized spacial score (nSPS) is 19.3. The number of hydrogen-bond donors (Lipinski definition) is 3. The van der Waals surface area contributed by atoms with Crippen LogP contribution in [0.25, 0.3) is 0 Å². The van der Waals surface area contributed by atoms with Gasteiger partial charge in [-0.15, -0.1) is 62.0 Å². The zero-order chi connectivity index (χ0) is 20.0. The van der Waals surface area contributed by atoms with Crippen LogP contribution in [0.2, 0.25) is 0 Å². The Balaban J connectivity index is -0.00000192. The zero-order valence-electron chi connectivity index (χ0n) is 20.5. The first-order valence-corrected chi connectivity index (χ1v) is 12.0. The maximum absolute atomic E-state index is 3.61. The Morgan fingerprint density at radius 2 is 0.853 bits per heavy atom. The standard InChI is InChI=1S/C24H43N5.5ClH/c1-2-4-18-28(17-3-1)21-23-7-9-24(10-8-23)22-29-19-6-13-26-15-14-25-11-5-12-27-16-20-29;;;;;/h7-10,25-27H,1-6,11-22H2;5*1H. The van der Waals surface area contributed by atoms with Gasteiger partial charge in [0.1, 0.15) is 0 Å². The van der Waals surface area contributed by atoms with Gasteiger partial charge in [-0.3, -0.25) is 9.80 Å². The molecule has 5 nitrogen and oxygen atoms in total. The lowest BCUT2D eigenvalue weighted by atomic mass is 10.1. The molecule has 1 aromatic rings. The summed E-state index contributed by atoms with van der Waals surface area (Å²) in [7, 11) is 0. The van der Waals surface area contributed by atoms with E-state index in [1.165, 1.54) is 62.7 Å². The minimum Gasteiger partial charge on any atom is -0.315 e. The van der Waals surface area contributed by atoms with E-state index < -0.39 is 0 Å². The monoisotopic (exact) mass is 581 g/mol. The lowest BCUT2D eigenvalue weighted by Crippen LogP contribution is -2.36. The van der Waals surface area contributed by atoms with Gasteiger partial charge in [0.2, 0.25) is 0 Å². The Hall–Kier alpha value is 0.470. The van der Waals surface area contributed by atoms with Crippen LogP contribution in [0.3, 0.4) is 0 Å². The lowest BCUT2D eigenvalue weighted by molar-refractivity contribution is 0.259. The van der Waals surface area contributed by atoms with Gasteiger partial charge in [0.15, 0.2) is 0 Å². The van der Waals surface area contributed by atoms with E-state index in [9.17, 15) is 0 Å². The number of rotatable bonds is 4. The van der Waals surface area contributed by atoms with Crippen LogP contribution >= 0.6 is 62.0 Å². The molecule has 2 aliphatic heterocycles. The molecule has 1 aromatic carbocycles. The summed E-state index contributed by atoms with van der Waals surface area (Å²) in [5, 5.41) is 10.7. The molecule has 34 heavy (non-hydrogen) atoms. The van der Waals surface area contributed by atoms with Crippen LogP contribution in [0.1, 0.15) is 49.7 Å². The molecule has 0 radical (unpaired) electrons. The fourth-order valence-corrected chi connectivity index (χ4v) is 4.39. The third-order valence-corrected chi connectivity index (χ3v) is 6.15. The highest BCUT2D eigenvalue weighted by molar-refractivity contribution is 5.86. The van der Waals surface area contributed by atoms with Crippen molar-refractivity contribution in [1.29, 1.82) is 0 Å². The van der Waals surface area contributed by atoms with E-state index in [1.807, 2.05) is 0 Å². The highest BCUT2D eigenvalue weighted by atomic mass is 35.5. The summed E-state index contributed by atoms with van der Waals surface area (Å²) >= 11 is 0. The Kier molecular flexibility index (Phi) is 28.8. The second-order valence-electron chi connectivity index (χ2n) is 8.74. The fraction of sp³-hybridized carbons (Fsp3) is 0.750. The van der Waals surface area contributed by atoms with E-state index in [0.29, 0.717) is 0 Å². The van der Waals surface area contributed by atoms with Crippen molar-refractivity contribution >= 4 is 62.0 Å². The zero-order valence-corrected chi connectivity index (χ0v) is 24.6. The van der Waals surface area contributed by atoms with Gasteiger partial charge in [-0.2, -0.15) is 0 Å². The van der Waals surface area contributed by atoms with Crippen molar-refractivity contribution in [2.24, 2.45) is 0 Å². The minimum atomic E-state index is 0. The van der Waals surface area contributed by atoms with Crippen molar-refractivity contribution in [1.82, 2.24) is 25.8 Å². The third kappa shape index (κ3) is 17.0. The molecule has 2 saturated heterocycles. The van der Waals surface area contributed by atoms with Crippen molar-refractivity contribution in [3.8, 4) is 0 Å². The van der Waals surface area contributed by atoms with E-state index in [-0.39, 0.29) is 62.0 Å². The van der Waals surface area contributed by atoms with Gasteiger partial charge in [-0.1, -0.05) is 37.1 Å². The molecule has 0 bridgehead atoms. The Labute approximate surface area is 239 Å². The first-order chi connectivity index (χ1) is 14.4.